The minimum Gasteiger partial charge on any atom is -0.452 e. The van der Waals surface area contributed by atoms with Crippen molar-refractivity contribution in [2.24, 2.45) is 0 Å². The van der Waals surface area contributed by atoms with Crippen molar-refractivity contribution < 1.29 is 14.3 Å². The molecule has 1 saturated heterocycles. The number of aromatic nitrogens is 2. The van der Waals surface area contributed by atoms with Gasteiger partial charge >= 0.3 is 5.97 Å². The fourth-order valence-corrected chi connectivity index (χ4v) is 3.81. The molecule has 0 N–H and O–H groups in total. The Morgan fingerprint density at radius 3 is 2.73 bits per heavy atom. The van der Waals surface area contributed by atoms with Crippen LogP contribution in [0, 0.1) is 0 Å². The Morgan fingerprint density at radius 2 is 2.04 bits per heavy atom. The van der Waals surface area contributed by atoms with Gasteiger partial charge in [-0.1, -0.05) is 12.8 Å². The van der Waals surface area contributed by atoms with Crippen LogP contribution in [0.4, 0.5) is 0 Å². The molecule has 2 aromatic heterocycles. The highest BCUT2D eigenvalue weighted by atomic mass is 32.1. The first kappa shape index (κ1) is 18.5. The van der Waals surface area contributed by atoms with E-state index in [0.29, 0.717) is 5.69 Å². The highest BCUT2D eigenvalue weighted by Gasteiger charge is 2.24. The average molecular weight is 373 g/mol. The number of carbonyl (C=O) groups is 2. The molecule has 26 heavy (non-hydrogen) atoms. The van der Waals surface area contributed by atoms with Crippen molar-refractivity contribution in [1.82, 2.24) is 14.9 Å². The van der Waals surface area contributed by atoms with Gasteiger partial charge in [-0.2, -0.15) is 0 Å². The van der Waals surface area contributed by atoms with Gasteiger partial charge in [0.1, 0.15) is 5.01 Å². The number of likely N-dealkylation sites (tertiary alicyclic amines) is 1. The SMILES string of the molecule is C[C@@H](OC(=O)Cc1csc(-c2cccnc2)n1)C(=O)N1CCCCCC1. The van der Waals surface area contributed by atoms with Crippen LogP contribution in [0.15, 0.2) is 29.9 Å². The van der Waals surface area contributed by atoms with Crippen LogP contribution >= 0.6 is 11.3 Å². The van der Waals surface area contributed by atoms with Crippen molar-refractivity contribution in [3.63, 3.8) is 0 Å². The quantitative estimate of drug-likeness (QED) is 0.753. The van der Waals surface area contributed by atoms with Crippen LogP contribution < -0.4 is 0 Å². The summed E-state index contributed by atoms with van der Waals surface area (Å²) in [6.07, 6.45) is 7.10. The third-order valence-electron chi connectivity index (χ3n) is 4.36. The number of hydrogen-bond donors (Lipinski definition) is 0. The van der Waals surface area contributed by atoms with E-state index in [1.807, 2.05) is 22.4 Å². The lowest BCUT2D eigenvalue weighted by atomic mass is 10.2. The summed E-state index contributed by atoms with van der Waals surface area (Å²) >= 11 is 1.46. The fraction of sp³-hybridized carbons (Fsp3) is 0.474. The van der Waals surface area contributed by atoms with Crippen molar-refractivity contribution in [2.75, 3.05) is 13.1 Å². The van der Waals surface area contributed by atoms with Crippen LogP contribution in [0.3, 0.4) is 0 Å². The van der Waals surface area contributed by atoms with E-state index < -0.39 is 12.1 Å². The van der Waals surface area contributed by atoms with Crippen LogP contribution in [0.25, 0.3) is 10.6 Å². The van der Waals surface area contributed by atoms with Crippen molar-refractivity contribution in [3.05, 3.63) is 35.6 Å². The van der Waals surface area contributed by atoms with Gasteiger partial charge in [-0.3, -0.25) is 14.6 Å². The van der Waals surface area contributed by atoms with E-state index in [-0.39, 0.29) is 12.3 Å². The molecule has 0 spiro atoms. The zero-order chi connectivity index (χ0) is 18.4. The minimum absolute atomic E-state index is 0.0639. The van der Waals surface area contributed by atoms with Gasteiger partial charge in [-0.05, 0) is 31.9 Å². The molecule has 0 aromatic carbocycles. The van der Waals surface area contributed by atoms with Crippen LogP contribution in [0.1, 0.15) is 38.3 Å². The number of carbonyl (C=O) groups excluding carboxylic acids is 2. The van der Waals surface area contributed by atoms with Gasteiger partial charge in [0, 0.05) is 36.4 Å². The number of ether oxygens (including phenoxy) is 1. The van der Waals surface area contributed by atoms with Gasteiger partial charge in [0.2, 0.25) is 0 Å². The first-order valence-corrected chi connectivity index (χ1v) is 9.84. The number of nitrogens with zero attached hydrogens (tertiary/aromatic N) is 3. The molecule has 1 atom stereocenters. The van der Waals surface area contributed by atoms with E-state index in [2.05, 4.69) is 9.97 Å². The second-order valence-corrected chi connectivity index (χ2v) is 7.29. The predicted octanol–water partition coefficient (Wildman–Crippen LogP) is 3.08. The minimum atomic E-state index is -0.753. The molecule has 0 bridgehead atoms. The van der Waals surface area contributed by atoms with Gasteiger partial charge in [0.05, 0.1) is 12.1 Å². The standard InChI is InChI=1S/C19H23N3O3S/c1-14(19(24)22-9-4-2-3-5-10-22)25-17(23)11-16-13-26-18(21-16)15-7-6-8-20-12-15/h6-8,12-14H,2-5,9-11H2,1H3/t14-/m1/s1. The molecule has 1 aliphatic rings. The van der Waals surface area contributed by atoms with Gasteiger partial charge < -0.3 is 9.64 Å². The first-order valence-electron chi connectivity index (χ1n) is 8.96. The monoisotopic (exact) mass is 373 g/mol. The van der Waals surface area contributed by atoms with Crippen LogP contribution in [0.2, 0.25) is 0 Å². The largest absolute Gasteiger partial charge is 0.452 e. The zero-order valence-electron chi connectivity index (χ0n) is 14.9. The lowest BCUT2D eigenvalue weighted by Crippen LogP contribution is -2.40. The Kier molecular flexibility index (Phi) is 6.33. The second kappa shape index (κ2) is 8.89. The van der Waals surface area contributed by atoms with E-state index in [4.69, 9.17) is 4.74 Å². The van der Waals surface area contributed by atoms with E-state index in [9.17, 15) is 9.59 Å². The first-order chi connectivity index (χ1) is 12.6. The predicted molar refractivity (Wildman–Crippen MR) is 99.7 cm³/mol. The summed E-state index contributed by atoms with van der Waals surface area (Å²) in [5.41, 5.74) is 1.56. The van der Waals surface area contributed by atoms with Crippen molar-refractivity contribution >= 4 is 23.2 Å². The number of rotatable bonds is 5. The molecule has 1 fully saturated rings. The highest BCUT2D eigenvalue weighted by Crippen LogP contribution is 2.23. The molecule has 2 aromatic rings. The van der Waals surface area contributed by atoms with E-state index in [1.54, 1.807) is 19.3 Å². The normalized spacial score (nSPS) is 16.0. The summed E-state index contributed by atoms with van der Waals surface area (Å²) in [5.74, 6) is -0.529. The van der Waals surface area contributed by atoms with Gasteiger partial charge in [0.25, 0.3) is 5.91 Å². The number of esters is 1. The Bertz CT molecular complexity index is 739. The number of thiazole rings is 1. The Balaban J connectivity index is 1.53. The number of pyridine rings is 1. The molecular weight excluding hydrogens is 350 g/mol. The molecule has 3 rings (SSSR count). The Hall–Kier alpha value is -2.28. The number of hydrogen-bond acceptors (Lipinski definition) is 6. The molecular formula is C19H23N3O3S. The maximum absolute atomic E-state index is 12.5. The maximum Gasteiger partial charge on any atom is 0.312 e. The molecule has 0 aliphatic carbocycles. The van der Waals surface area contributed by atoms with E-state index >= 15 is 0 Å². The van der Waals surface area contributed by atoms with Gasteiger partial charge in [0.15, 0.2) is 6.10 Å². The molecule has 6 nitrogen and oxygen atoms in total. The Morgan fingerprint density at radius 1 is 1.27 bits per heavy atom. The number of amides is 1. The van der Waals surface area contributed by atoms with Gasteiger partial charge in [-0.25, -0.2) is 4.98 Å². The summed E-state index contributed by atoms with van der Waals surface area (Å²) in [6, 6.07) is 3.77. The second-order valence-electron chi connectivity index (χ2n) is 6.43. The summed E-state index contributed by atoms with van der Waals surface area (Å²) in [6.45, 7) is 3.15. The lowest BCUT2D eigenvalue weighted by molar-refractivity contribution is -0.158. The van der Waals surface area contributed by atoms with E-state index in [1.165, 1.54) is 11.3 Å². The molecule has 0 saturated carbocycles. The summed E-state index contributed by atoms with van der Waals surface area (Å²) < 4.78 is 5.35. The molecule has 1 aliphatic heterocycles. The van der Waals surface area contributed by atoms with Crippen LogP contribution in [-0.4, -0.2) is 45.9 Å². The Labute approximate surface area is 157 Å². The smallest absolute Gasteiger partial charge is 0.312 e. The van der Waals surface area contributed by atoms with E-state index in [0.717, 1.165) is 49.3 Å². The topological polar surface area (TPSA) is 72.4 Å². The van der Waals surface area contributed by atoms with Crippen molar-refractivity contribution in [3.8, 4) is 10.6 Å². The molecule has 0 radical (unpaired) electrons. The lowest BCUT2D eigenvalue weighted by Gasteiger charge is -2.23. The third kappa shape index (κ3) is 4.88. The molecule has 138 valence electrons. The average Bonchev–Trinajstić information content (AvgIpc) is 2.94. The third-order valence-corrected chi connectivity index (χ3v) is 5.30. The van der Waals surface area contributed by atoms with Crippen LogP contribution in [0.5, 0.6) is 0 Å². The summed E-state index contributed by atoms with van der Waals surface area (Å²) in [5, 5.41) is 2.65. The van der Waals surface area contributed by atoms with Crippen molar-refractivity contribution in [1.29, 1.82) is 0 Å². The summed E-state index contributed by atoms with van der Waals surface area (Å²) in [4.78, 5) is 35.0. The zero-order valence-corrected chi connectivity index (χ0v) is 15.7. The fourth-order valence-electron chi connectivity index (χ4n) is 3.00. The molecule has 3 heterocycles. The van der Waals surface area contributed by atoms with Crippen molar-refractivity contribution in [2.45, 2.75) is 45.1 Å². The molecule has 7 heteroatoms. The maximum atomic E-state index is 12.5. The summed E-state index contributed by atoms with van der Waals surface area (Å²) in [7, 11) is 0. The van der Waals surface area contributed by atoms with Crippen LogP contribution in [-0.2, 0) is 20.7 Å². The highest BCUT2D eigenvalue weighted by molar-refractivity contribution is 7.13. The molecule has 1 amide bonds. The molecule has 0 unspecified atom stereocenters. The van der Waals surface area contributed by atoms with Gasteiger partial charge in [-0.15, -0.1) is 11.3 Å².